The summed E-state index contributed by atoms with van der Waals surface area (Å²) in [4.78, 5) is 8.87. The molecule has 0 atom stereocenters. The van der Waals surface area contributed by atoms with E-state index in [-0.39, 0.29) is 0 Å². The molecule has 4 nitrogen and oxygen atoms in total. The van der Waals surface area contributed by atoms with Gasteiger partial charge in [-0.05, 0) is 51.3 Å². The lowest BCUT2D eigenvalue weighted by Crippen LogP contribution is -2.09. The Hall–Kier alpha value is -1.36. The van der Waals surface area contributed by atoms with Gasteiger partial charge in [0.25, 0.3) is 0 Å². The lowest BCUT2D eigenvalue weighted by molar-refractivity contribution is 0.503. The van der Waals surface area contributed by atoms with Gasteiger partial charge in [0, 0.05) is 23.5 Å². The van der Waals surface area contributed by atoms with Crippen LogP contribution in [-0.4, -0.2) is 26.0 Å². The smallest absolute Gasteiger partial charge is 0.187 e. The zero-order valence-corrected chi connectivity index (χ0v) is 13.0. The molecule has 106 valence electrons. The molecule has 0 aromatic carbocycles. The Labute approximate surface area is 124 Å². The molecule has 5 heteroatoms. The van der Waals surface area contributed by atoms with Crippen LogP contribution in [0.5, 0.6) is 0 Å². The first-order valence-electron chi connectivity index (χ1n) is 7.13. The maximum absolute atomic E-state index is 4.62. The van der Waals surface area contributed by atoms with Crippen LogP contribution in [0, 0.1) is 5.92 Å². The summed E-state index contributed by atoms with van der Waals surface area (Å²) in [7, 11) is 0. The van der Waals surface area contributed by atoms with Gasteiger partial charge in [0.1, 0.15) is 0 Å². The summed E-state index contributed by atoms with van der Waals surface area (Å²) in [6, 6.07) is 2.37. The number of rotatable bonds is 5. The van der Waals surface area contributed by atoms with Crippen LogP contribution in [0.15, 0.2) is 23.6 Å². The quantitative estimate of drug-likeness (QED) is 0.623. The van der Waals surface area contributed by atoms with Crippen molar-refractivity contribution in [3.05, 3.63) is 24.2 Å². The van der Waals surface area contributed by atoms with Crippen LogP contribution in [0.1, 0.15) is 38.4 Å². The number of hydrogen-bond donors (Lipinski definition) is 0. The largest absolute Gasteiger partial charge is 0.266 e. The molecule has 0 saturated heterocycles. The van der Waals surface area contributed by atoms with E-state index in [0.29, 0.717) is 6.04 Å². The van der Waals surface area contributed by atoms with Crippen LogP contribution in [-0.2, 0) is 6.42 Å². The minimum Gasteiger partial charge on any atom is -0.266 e. The van der Waals surface area contributed by atoms with Gasteiger partial charge in [-0.1, -0.05) is 11.8 Å². The van der Waals surface area contributed by atoms with Gasteiger partial charge in [0.05, 0.1) is 11.9 Å². The summed E-state index contributed by atoms with van der Waals surface area (Å²) in [5.41, 5.74) is 3.49. The molecule has 3 rings (SSSR count). The fourth-order valence-corrected chi connectivity index (χ4v) is 2.79. The van der Waals surface area contributed by atoms with Gasteiger partial charge in [-0.2, -0.15) is 5.10 Å². The summed E-state index contributed by atoms with van der Waals surface area (Å²) < 4.78 is 2.15. The first-order valence-corrected chi connectivity index (χ1v) is 8.35. The summed E-state index contributed by atoms with van der Waals surface area (Å²) in [6.07, 6.45) is 9.62. The first-order chi connectivity index (χ1) is 9.69. The Balaban J connectivity index is 2.02. The lowest BCUT2D eigenvalue weighted by Gasteiger charge is -2.12. The van der Waals surface area contributed by atoms with Crippen molar-refractivity contribution in [1.29, 1.82) is 0 Å². The molecule has 0 bridgehead atoms. The summed E-state index contributed by atoms with van der Waals surface area (Å²) in [5.74, 6) is 0.838. The summed E-state index contributed by atoms with van der Waals surface area (Å²) >= 11 is 1.57. The Kier molecular flexibility index (Phi) is 3.78. The molecule has 2 aromatic heterocycles. The van der Waals surface area contributed by atoms with E-state index in [1.807, 2.05) is 24.7 Å². The number of nitrogens with zero attached hydrogens (tertiary/aromatic N) is 4. The van der Waals surface area contributed by atoms with Crippen LogP contribution >= 0.6 is 11.8 Å². The SMILES string of the molecule is CSc1nccc(-c2cnn(C(C)C)c2CC2CC2)n1. The molecule has 0 radical (unpaired) electrons. The second kappa shape index (κ2) is 5.56. The molecule has 2 heterocycles. The van der Waals surface area contributed by atoms with Crippen LogP contribution in [0.4, 0.5) is 0 Å². The highest BCUT2D eigenvalue weighted by Crippen LogP contribution is 2.36. The molecule has 1 aliphatic rings. The van der Waals surface area contributed by atoms with E-state index >= 15 is 0 Å². The predicted molar refractivity (Wildman–Crippen MR) is 81.8 cm³/mol. The van der Waals surface area contributed by atoms with Crippen LogP contribution in [0.3, 0.4) is 0 Å². The van der Waals surface area contributed by atoms with Crippen molar-refractivity contribution < 1.29 is 0 Å². The third-order valence-electron chi connectivity index (χ3n) is 3.66. The van der Waals surface area contributed by atoms with Gasteiger partial charge in [0.2, 0.25) is 0 Å². The highest BCUT2D eigenvalue weighted by atomic mass is 32.2. The maximum Gasteiger partial charge on any atom is 0.187 e. The highest BCUT2D eigenvalue weighted by molar-refractivity contribution is 7.98. The summed E-state index contributed by atoms with van der Waals surface area (Å²) in [6.45, 7) is 4.36. The highest BCUT2D eigenvalue weighted by Gasteiger charge is 2.26. The van der Waals surface area contributed by atoms with E-state index in [2.05, 4.69) is 33.6 Å². The number of aromatic nitrogens is 4. The van der Waals surface area contributed by atoms with Crippen LogP contribution in [0.2, 0.25) is 0 Å². The van der Waals surface area contributed by atoms with Crippen molar-refractivity contribution in [2.45, 2.75) is 44.3 Å². The first kappa shape index (κ1) is 13.6. The van der Waals surface area contributed by atoms with Crippen molar-refractivity contribution in [2.75, 3.05) is 6.26 Å². The molecule has 0 spiro atoms. The molecule has 0 unspecified atom stereocenters. The molecule has 1 saturated carbocycles. The lowest BCUT2D eigenvalue weighted by atomic mass is 10.1. The summed E-state index contributed by atoms with van der Waals surface area (Å²) in [5, 5.41) is 5.39. The van der Waals surface area contributed by atoms with E-state index in [4.69, 9.17) is 0 Å². The van der Waals surface area contributed by atoms with Gasteiger partial charge < -0.3 is 0 Å². The van der Waals surface area contributed by atoms with E-state index in [1.165, 1.54) is 24.1 Å². The third-order valence-corrected chi connectivity index (χ3v) is 4.22. The number of thioether (sulfide) groups is 1. The third kappa shape index (κ3) is 2.73. The zero-order valence-electron chi connectivity index (χ0n) is 12.2. The fourth-order valence-electron chi connectivity index (χ4n) is 2.43. The average molecular weight is 288 g/mol. The van der Waals surface area contributed by atoms with Gasteiger partial charge in [-0.25, -0.2) is 9.97 Å². The van der Waals surface area contributed by atoms with Crippen molar-refractivity contribution in [1.82, 2.24) is 19.7 Å². The molecule has 2 aromatic rings. The topological polar surface area (TPSA) is 43.6 Å². The van der Waals surface area contributed by atoms with Crippen molar-refractivity contribution in [2.24, 2.45) is 5.92 Å². The fraction of sp³-hybridized carbons (Fsp3) is 0.533. The molecular formula is C15H20N4S. The average Bonchev–Trinajstić information content (AvgIpc) is 3.16. The molecule has 0 amide bonds. The Bertz CT molecular complexity index is 602. The van der Waals surface area contributed by atoms with Crippen LogP contribution in [0.25, 0.3) is 11.3 Å². The molecule has 0 aliphatic heterocycles. The van der Waals surface area contributed by atoms with Gasteiger partial charge in [-0.3, -0.25) is 4.68 Å². The van der Waals surface area contributed by atoms with Crippen LogP contribution < -0.4 is 0 Å². The molecule has 1 fully saturated rings. The van der Waals surface area contributed by atoms with E-state index in [9.17, 15) is 0 Å². The number of hydrogen-bond acceptors (Lipinski definition) is 4. The molecular weight excluding hydrogens is 268 g/mol. The van der Waals surface area contributed by atoms with Crippen molar-refractivity contribution >= 4 is 11.8 Å². The second-order valence-corrected chi connectivity index (χ2v) is 6.39. The second-order valence-electron chi connectivity index (χ2n) is 5.62. The molecule has 0 N–H and O–H groups in total. The van der Waals surface area contributed by atoms with E-state index in [1.54, 1.807) is 11.8 Å². The van der Waals surface area contributed by atoms with Crippen molar-refractivity contribution in [3.8, 4) is 11.3 Å². The van der Waals surface area contributed by atoms with Gasteiger partial charge in [0.15, 0.2) is 5.16 Å². The predicted octanol–water partition coefficient (Wildman–Crippen LogP) is 3.60. The Morgan fingerprint density at radius 1 is 1.40 bits per heavy atom. The standard InChI is InChI=1S/C15H20N4S/c1-10(2)19-14(8-11-4-5-11)12(9-17-19)13-6-7-16-15(18-13)20-3/h6-7,9-11H,4-5,8H2,1-3H3. The Morgan fingerprint density at radius 2 is 2.20 bits per heavy atom. The molecule has 1 aliphatic carbocycles. The molecule has 20 heavy (non-hydrogen) atoms. The minimum atomic E-state index is 0.388. The van der Waals surface area contributed by atoms with E-state index in [0.717, 1.165) is 23.2 Å². The van der Waals surface area contributed by atoms with Gasteiger partial charge >= 0.3 is 0 Å². The monoisotopic (exact) mass is 288 g/mol. The van der Waals surface area contributed by atoms with Crippen molar-refractivity contribution in [3.63, 3.8) is 0 Å². The van der Waals surface area contributed by atoms with Gasteiger partial charge in [-0.15, -0.1) is 0 Å². The Morgan fingerprint density at radius 3 is 2.85 bits per heavy atom. The van der Waals surface area contributed by atoms with E-state index < -0.39 is 0 Å². The maximum atomic E-state index is 4.62. The normalized spacial score (nSPS) is 15.0. The zero-order chi connectivity index (χ0) is 14.1. The minimum absolute atomic E-state index is 0.388.